The van der Waals surface area contributed by atoms with Gasteiger partial charge in [-0.15, -0.1) is 5.10 Å². The van der Waals surface area contributed by atoms with Gasteiger partial charge in [0.2, 0.25) is 0 Å². The molecule has 1 aromatic heterocycles. The summed E-state index contributed by atoms with van der Waals surface area (Å²) in [4.78, 5) is 5.85. The lowest BCUT2D eigenvalue weighted by molar-refractivity contribution is -0.124. The predicted octanol–water partition coefficient (Wildman–Crippen LogP) is 5.44. The predicted molar refractivity (Wildman–Crippen MR) is 134 cm³/mol. The van der Waals surface area contributed by atoms with Crippen molar-refractivity contribution in [1.29, 1.82) is 0 Å². The van der Waals surface area contributed by atoms with E-state index in [1.165, 1.54) is 5.56 Å². The number of hydroxylamine groups is 2. The second kappa shape index (κ2) is 10.6. The molecule has 6 nitrogen and oxygen atoms in total. The van der Waals surface area contributed by atoms with Gasteiger partial charge in [0.25, 0.3) is 0 Å². The van der Waals surface area contributed by atoms with Crippen LogP contribution in [0.4, 0.5) is 5.69 Å². The molecule has 0 aliphatic carbocycles. The highest BCUT2D eigenvalue weighted by Crippen LogP contribution is 2.22. The molecule has 0 amide bonds. The molecule has 0 saturated heterocycles. The summed E-state index contributed by atoms with van der Waals surface area (Å²) in [6, 6.07) is 28.8. The van der Waals surface area contributed by atoms with E-state index in [1.807, 2.05) is 58.5 Å². The van der Waals surface area contributed by atoms with Crippen LogP contribution in [0.5, 0.6) is 0 Å². The van der Waals surface area contributed by atoms with Gasteiger partial charge in [-0.05, 0) is 41.8 Å². The number of rotatable bonds is 9. The van der Waals surface area contributed by atoms with Crippen molar-refractivity contribution in [2.45, 2.75) is 19.6 Å². The summed E-state index contributed by atoms with van der Waals surface area (Å²) in [7, 11) is 0. The number of allylic oxidation sites excluding steroid dienone is 1. The minimum atomic E-state index is 0.551. The summed E-state index contributed by atoms with van der Waals surface area (Å²) < 4.78 is 1.90. The smallest absolute Gasteiger partial charge is 0.113 e. The Hall–Kier alpha value is -4.16. The van der Waals surface area contributed by atoms with Gasteiger partial charge in [0, 0.05) is 29.7 Å². The molecule has 5 rings (SSSR count). The Kier molecular flexibility index (Phi) is 6.78. The number of nitrogens with one attached hydrogen (secondary N) is 1. The fourth-order valence-corrected chi connectivity index (χ4v) is 3.75. The van der Waals surface area contributed by atoms with Crippen molar-refractivity contribution in [2.75, 3.05) is 11.9 Å². The molecular formula is C28H27N5O. The molecule has 0 saturated carbocycles. The molecule has 1 aliphatic rings. The third-order valence-electron chi connectivity index (χ3n) is 5.61. The highest BCUT2D eigenvalue weighted by Gasteiger charge is 2.08. The topological polar surface area (TPSA) is 55.2 Å². The van der Waals surface area contributed by atoms with E-state index in [0.29, 0.717) is 13.2 Å². The summed E-state index contributed by atoms with van der Waals surface area (Å²) in [5.74, 6) is 0. The maximum Gasteiger partial charge on any atom is 0.113 e. The largest absolute Gasteiger partial charge is 0.356 e. The van der Waals surface area contributed by atoms with E-state index in [2.05, 4.69) is 76.3 Å². The minimum Gasteiger partial charge on any atom is -0.356 e. The van der Waals surface area contributed by atoms with Crippen molar-refractivity contribution in [2.24, 2.45) is 0 Å². The van der Waals surface area contributed by atoms with Crippen LogP contribution in [0.3, 0.4) is 0 Å². The van der Waals surface area contributed by atoms with Crippen molar-refractivity contribution < 1.29 is 4.84 Å². The first-order chi connectivity index (χ1) is 16.8. The molecule has 170 valence electrons. The number of hydrogen-bond acceptors (Lipinski definition) is 5. The number of aromatic nitrogens is 3. The molecule has 34 heavy (non-hydrogen) atoms. The normalized spacial score (nSPS) is 13.1. The number of nitrogens with zero attached hydrogens (tertiary/aromatic N) is 4. The third-order valence-corrected chi connectivity index (χ3v) is 5.61. The van der Waals surface area contributed by atoms with Crippen LogP contribution < -0.4 is 5.32 Å². The average molecular weight is 450 g/mol. The van der Waals surface area contributed by atoms with Gasteiger partial charge in [0.15, 0.2) is 0 Å². The van der Waals surface area contributed by atoms with Crippen molar-refractivity contribution in [3.8, 4) is 11.3 Å². The molecule has 0 bridgehead atoms. The Bertz CT molecular complexity index is 1260. The van der Waals surface area contributed by atoms with Crippen LogP contribution in [0.2, 0.25) is 0 Å². The van der Waals surface area contributed by atoms with E-state index in [-0.39, 0.29) is 0 Å². The summed E-state index contributed by atoms with van der Waals surface area (Å²) in [5.41, 5.74) is 6.38. The highest BCUT2D eigenvalue weighted by molar-refractivity contribution is 5.65. The van der Waals surface area contributed by atoms with Crippen molar-refractivity contribution >= 4 is 5.69 Å². The van der Waals surface area contributed by atoms with E-state index in [0.717, 1.165) is 41.2 Å². The Morgan fingerprint density at radius 1 is 0.882 bits per heavy atom. The molecular weight excluding hydrogens is 422 g/mol. The van der Waals surface area contributed by atoms with Gasteiger partial charge in [0.1, 0.15) is 5.69 Å². The Labute approximate surface area is 199 Å². The lowest BCUT2D eigenvalue weighted by atomic mass is 10.1. The van der Waals surface area contributed by atoms with Crippen LogP contribution in [0.25, 0.3) is 11.3 Å². The summed E-state index contributed by atoms with van der Waals surface area (Å²) in [6.45, 7) is 2.03. The van der Waals surface area contributed by atoms with E-state index >= 15 is 0 Å². The number of anilines is 1. The van der Waals surface area contributed by atoms with Crippen LogP contribution in [0, 0.1) is 0 Å². The van der Waals surface area contributed by atoms with Crippen molar-refractivity contribution in [3.63, 3.8) is 0 Å². The first-order valence-corrected chi connectivity index (χ1v) is 11.5. The SMILES string of the molecule is C1=CN(OCc2ccccc2)CC=C1Nc1cccc(-c2cn(CCc3ccccc3)nn2)c1. The zero-order valence-corrected chi connectivity index (χ0v) is 18.9. The van der Waals surface area contributed by atoms with Gasteiger partial charge in [0.05, 0.1) is 19.3 Å². The van der Waals surface area contributed by atoms with E-state index in [1.54, 1.807) is 0 Å². The zero-order valence-electron chi connectivity index (χ0n) is 18.9. The van der Waals surface area contributed by atoms with Crippen molar-refractivity contribution in [1.82, 2.24) is 20.1 Å². The molecule has 4 aromatic rings. The van der Waals surface area contributed by atoms with Gasteiger partial charge in [-0.25, -0.2) is 0 Å². The van der Waals surface area contributed by atoms with Crippen molar-refractivity contribution in [3.05, 3.63) is 126 Å². The Balaban J connectivity index is 1.15. The Morgan fingerprint density at radius 3 is 2.44 bits per heavy atom. The molecule has 3 aromatic carbocycles. The average Bonchev–Trinajstić information content (AvgIpc) is 3.38. The number of benzene rings is 3. The molecule has 0 atom stereocenters. The first kappa shape index (κ1) is 21.7. The molecule has 6 heteroatoms. The Morgan fingerprint density at radius 2 is 1.68 bits per heavy atom. The molecule has 0 fully saturated rings. The summed E-state index contributed by atoms with van der Waals surface area (Å²) in [6.07, 6.45) is 9.01. The fourth-order valence-electron chi connectivity index (χ4n) is 3.75. The summed E-state index contributed by atoms with van der Waals surface area (Å²) >= 11 is 0. The molecule has 2 heterocycles. The molecule has 0 spiro atoms. The summed E-state index contributed by atoms with van der Waals surface area (Å²) in [5, 5.41) is 14.0. The van der Waals surface area contributed by atoms with Gasteiger partial charge < -0.3 is 5.32 Å². The quantitative estimate of drug-likeness (QED) is 0.369. The van der Waals surface area contributed by atoms with Gasteiger partial charge in [-0.3, -0.25) is 14.6 Å². The standard InChI is InChI=1S/C28H27N5O/c1-3-8-23(9-4-1)14-17-32-21-28(30-31-32)25-12-7-13-27(20-25)29-26-15-18-33(19-16-26)34-22-24-10-5-2-6-11-24/h1-13,15-16,18,20-21,29H,14,17,19,22H2. The van der Waals surface area contributed by atoms with Crippen LogP contribution in [-0.4, -0.2) is 26.6 Å². The van der Waals surface area contributed by atoms with Gasteiger partial charge in [-0.2, -0.15) is 0 Å². The zero-order chi connectivity index (χ0) is 23.0. The maximum absolute atomic E-state index is 5.85. The second-order valence-electron chi connectivity index (χ2n) is 8.14. The van der Waals surface area contributed by atoms with E-state index in [9.17, 15) is 0 Å². The fraction of sp³-hybridized carbons (Fsp3) is 0.143. The van der Waals surface area contributed by atoms with Crippen LogP contribution in [0.1, 0.15) is 11.1 Å². The minimum absolute atomic E-state index is 0.551. The highest BCUT2D eigenvalue weighted by atomic mass is 16.7. The number of hydrogen-bond donors (Lipinski definition) is 1. The second-order valence-corrected chi connectivity index (χ2v) is 8.14. The molecule has 0 unspecified atom stereocenters. The van der Waals surface area contributed by atoms with E-state index < -0.39 is 0 Å². The van der Waals surface area contributed by atoms with Gasteiger partial charge in [-0.1, -0.05) is 78.0 Å². The first-order valence-electron chi connectivity index (χ1n) is 11.5. The van der Waals surface area contributed by atoms with Crippen LogP contribution in [0.15, 0.2) is 115 Å². The van der Waals surface area contributed by atoms with Gasteiger partial charge >= 0.3 is 0 Å². The monoisotopic (exact) mass is 449 g/mol. The molecule has 1 aliphatic heterocycles. The van der Waals surface area contributed by atoms with E-state index in [4.69, 9.17) is 4.84 Å². The number of aryl methyl sites for hydroxylation is 2. The van der Waals surface area contributed by atoms with Crippen LogP contribution in [-0.2, 0) is 24.4 Å². The van der Waals surface area contributed by atoms with Crippen LogP contribution >= 0.6 is 0 Å². The maximum atomic E-state index is 5.85. The molecule has 1 N–H and O–H groups in total. The lowest BCUT2D eigenvalue weighted by Crippen LogP contribution is -2.21. The lowest BCUT2D eigenvalue weighted by Gasteiger charge is -2.22. The third kappa shape index (κ3) is 5.79. The molecule has 0 radical (unpaired) electrons.